The maximum atomic E-state index is 9.85. The highest BCUT2D eigenvalue weighted by Gasteiger charge is 2.44. The van der Waals surface area contributed by atoms with Gasteiger partial charge in [-0.1, -0.05) is 0 Å². The Kier molecular flexibility index (Phi) is 2.47. The first-order valence-electron chi connectivity index (χ1n) is 6.48. The molecule has 0 amide bonds. The highest BCUT2D eigenvalue weighted by molar-refractivity contribution is 9.10. The predicted molar refractivity (Wildman–Crippen MR) is 81.2 cm³/mol. The number of phenolic OH excluding ortho intramolecular Hbond substituents is 1. The molecule has 0 aliphatic carbocycles. The van der Waals surface area contributed by atoms with E-state index in [-0.39, 0.29) is 5.75 Å². The first-order valence-corrected chi connectivity index (χ1v) is 7.27. The van der Waals surface area contributed by atoms with E-state index in [1.165, 1.54) is 0 Å². The number of ether oxygens (including phenoxy) is 1. The molecule has 2 aliphatic rings. The zero-order valence-corrected chi connectivity index (χ0v) is 12.5. The first-order chi connectivity index (χ1) is 10.1. The largest absolute Gasteiger partial charge is 0.508 e. The van der Waals surface area contributed by atoms with Crippen LogP contribution in [0.3, 0.4) is 0 Å². The maximum Gasteiger partial charge on any atom is 0.223 e. The van der Waals surface area contributed by atoms with E-state index >= 15 is 0 Å². The number of nitrogens with zero attached hydrogens (tertiary/aromatic N) is 1. The van der Waals surface area contributed by atoms with Crippen molar-refractivity contribution in [1.82, 2.24) is 10.3 Å². The van der Waals surface area contributed by atoms with Crippen molar-refractivity contribution in [2.75, 3.05) is 6.54 Å². The van der Waals surface area contributed by atoms with Crippen LogP contribution in [0.25, 0.3) is 0 Å². The van der Waals surface area contributed by atoms with Crippen molar-refractivity contribution in [3.8, 4) is 17.4 Å². The molecule has 4 N–H and O–H groups in total. The second kappa shape index (κ2) is 4.14. The Morgan fingerprint density at radius 3 is 2.95 bits per heavy atom. The Balaban J connectivity index is 2.05. The Morgan fingerprint density at radius 1 is 1.33 bits per heavy atom. The lowest BCUT2D eigenvalue weighted by molar-refractivity contribution is 0.402. The van der Waals surface area contributed by atoms with E-state index in [1.54, 1.807) is 24.4 Å². The highest BCUT2D eigenvalue weighted by Crippen LogP contribution is 2.50. The number of fused-ring (bicyclic) bond motifs is 4. The predicted octanol–water partition coefficient (Wildman–Crippen LogP) is 2.34. The number of halogens is 1. The minimum atomic E-state index is -0.484. The van der Waals surface area contributed by atoms with Crippen LogP contribution in [0, 0.1) is 0 Å². The van der Waals surface area contributed by atoms with Gasteiger partial charge in [-0.15, -0.1) is 0 Å². The minimum absolute atomic E-state index is 0.196. The van der Waals surface area contributed by atoms with Crippen molar-refractivity contribution in [3.05, 3.63) is 58.0 Å². The lowest BCUT2D eigenvalue weighted by Gasteiger charge is -2.34. The molecule has 1 spiro atoms. The van der Waals surface area contributed by atoms with Crippen LogP contribution in [0.4, 0.5) is 0 Å². The van der Waals surface area contributed by atoms with Gasteiger partial charge in [-0.2, -0.15) is 0 Å². The molecule has 0 fully saturated rings. The number of aromatic hydroxyl groups is 1. The molecule has 1 atom stereocenters. The molecule has 0 saturated heterocycles. The van der Waals surface area contributed by atoms with Gasteiger partial charge in [-0.25, -0.2) is 4.98 Å². The summed E-state index contributed by atoms with van der Waals surface area (Å²) in [6.07, 6.45) is 3.66. The fourth-order valence-corrected chi connectivity index (χ4v) is 3.32. The summed E-state index contributed by atoms with van der Waals surface area (Å²) in [6, 6.07) is 7.05. The average molecular weight is 346 g/mol. The molecule has 106 valence electrons. The average Bonchev–Trinajstić information content (AvgIpc) is 2.84. The summed E-state index contributed by atoms with van der Waals surface area (Å²) in [4.78, 5) is 4.35. The number of hydrogen-bond donors (Lipinski definition) is 3. The molecule has 2 aliphatic heterocycles. The Bertz CT molecular complexity index is 737. The molecule has 5 nitrogen and oxygen atoms in total. The van der Waals surface area contributed by atoms with E-state index < -0.39 is 5.41 Å². The van der Waals surface area contributed by atoms with E-state index in [1.807, 2.05) is 12.1 Å². The zero-order chi connectivity index (χ0) is 14.6. The van der Waals surface area contributed by atoms with Gasteiger partial charge in [0.25, 0.3) is 0 Å². The number of rotatable bonds is 0. The molecule has 3 heterocycles. The van der Waals surface area contributed by atoms with Gasteiger partial charge in [0.15, 0.2) is 0 Å². The number of aromatic nitrogens is 1. The van der Waals surface area contributed by atoms with Crippen LogP contribution < -0.4 is 15.8 Å². The fourth-order valence-electron chi connectivity index (χ4n) is 2.99. The Hall–Kier alpha value is -2.21. The number of benzene rings is 1. The van der Waals surface area contributed by atoms with Crippen LogP contribution in [0.5, 0.6) is 17.4 Å². The van der Waals surface area contributed by atoms with Crippen molar-refractivity contribution in [3.63, 3.8) is 0 Å². The monoisotopic (exact) mass is 345 g/mol. The van der Waals surface area contributed by atoms with E-state index in [4.69, 9.17) is 10.5 Å². The second-order valence-electron chi connectivity index (χ2n) is 5.21. The van der Waals surface area contributed by atoms with Crippen LogP contribution in [0.1, 0.15) is 11.1 Å². The van der Waals surface area contributed by atoms with E-state index in [0.29, 0.717) is 24.0 Å². The third kappa shape index (κ3) is 1.72. The lowest BCUT2D eigenvalue weighted by atomic mass is 9.74. The molecule has 0 bridgehead atoms. The Morgan fingerprint density at radius 2 is 2.19 bits per heavy atom. The molecule has 1 aromatic heterocycles. The van der Waals surface area contributed by atoms with Gasteiger partial charge < -0.3 is 20.9 Å². The molecule has 21 heavy (non-hydrogen) atoms. The van der Waals surface area contributed by atoms with Crippen molar-refractivity contribution in [2.45, 2.75) is 5.41 Å². The molecule has 0 saturated carbocycles. The molecular weight excluding hydrogens is 334 g/mol. The van der Waals surface area contributed by atoms with E-state index in [9.17, 15) is 5.11 Å². The summed E-state index contributed by atoms with van der Waals surface area (Å²) in [5.74, 6) is 2.05. The van der Waals surface area contributed by atoms with Gasteiger partial charge in [0.05, 0.1) is 11.2 Å². The van der Waals surface area contributed by atoms with Crippen LogP contribution in [0.2, 0.25) is 0 Å². The Labute approximate surface area is 129 Å². The van der Waals surface area contributed by atoms with Crippen LogP contribution >= 0.6 is 15.9 Å². The molecule has 4 rings (SSSR count). The minimum Gasteiger partial charge on any atom is -0.508 e. The van der Waals surface area contributed by atoms with Gasteiger partial charge >= 0.3 is 0 Å². The second-order valence-corrected chi connectivity index (χ2v) is 6.13. The number of pyridine rings is 1. The summed E-state index contributed by atoms with van der Waals surface area (Å²) >= 11 is 3.45. The van der Waals surface area contributed by atoms with Gasteiger partial charge in [0.1, 0.15) is 11.5 Å². The smallest absolute Gasteiger partial charge is 0.223 e. The molecule has 0 unspecified atom stereocenters. The SMILES string of the molecule is NC1=C[C@@]2(CN1)c1cc(O)ccc1Oc1ncc(Br)cc12. The lowest BCUT2D eigenvalue weighted by Crippen LogP contribution is -2.34. The van der Waals surface area contributed by atoms with Crippen molar-refractivity contribution >= 4 is 15.9 Å². The summed E-state index contributed by atoms with van der Waals surface area (Å²) in [7, 11) is 0. The third-order valence-corrected chi connectivity index (χ3v) is 4.36. The quantitative estimate of drug-likeness (QED) is 0.682. The summed E-state index contributed by atoms with van der Waals surface area (Å²) in [5, 5.41) is 13.0. The van der Waals surface area contributed by atoms with Crippen LogP contribution in [-0.2, 0) is 5.41 Å². The molecule has 1 aromatic carbocycles. The summed E-state index contributed by atoms with van der Waals surface area (Å²) in [5.41, 5.74) is 7.26. The number of nitrogens with two attached hydrogens (primary N) is 1. The van der Waals surface area contributed by atoms with Crippen molar-refractivity contribution in [1.29, 1.82) is 0 Å². The van der Waals surface area contributed by atoms with Crippen molar-refractivity contribution in [2.24, 2.45) is 5.73 Å². The van der Waals surface area contributed by atoms with Gasteiger partial charge in [-0.3, -0.25) is 0 Å². The third-order valence-electron chi connectivity index (χ3n) is 3.92. The van der Waals surface area contributed by atoms with E-state index in [0.717, 1.165) is 15.6 Å². The summed E-state index contributed by atoms with van der Waals surface area (Å²) < 4.78 is 6.74. The van der Waals surface area contributed by atoms with E-state index in [2.05, 4.69) is 26.2 Å². The first kappa shape index (κ1) is 12.5. The fraction of sp³-hybridized carbons (Fsp3) is 0.133. The molecule has 0 radical (unpaired) electrons. The van der Waals surface area contributed by atoms with Crippen molar-refractivity contribution < 1.29 is 9.84 Å². The standard InChI is InChI=1S/C15H12BrN3O2/c16-8-3-11-14(18-6-8)21-12-2-1-9(20)4-10(12)15(11)5-13(17)19-7-15/h1-6,19-20H,7,17H2/t15-/m1/s1. The topological polar surface area (TPSA) is 80.4 Å². The zero-order valence-electron chi connectivity index (χ0n) is 10.9. The number of nitrogens with one attached hydrogen (secondary N) is 1. The summed E-state index contributed by atoms with van der Waals surface area (Å²) in [6.45, 7) is 0.601. The molecular formula is C15H12BrN3O2. The normalized spacial score (nSPS) is 22.0. The maximum absolute atomic E-state index is 9.85. The van der Waals surface area contributed by atoms with Gasteiger partial charge in [0.2, 0.25) is 5.88 Å². The van der Waals surface area contributed by atoms with Crippen LogP contribution in [0.15, 0.2) is 46.8 Å². The highest BCUT2D eigenvalue weighted by atomic mass is 79.9. The number of phenols is 1. The number of hydrogen-bond acceptors (Lipinski definition) is 5. The van der Waals surface area contributed by atoms with Crippen LogP contribution in [-0.4, -0.2) is 16.6 Å². The van der Waals surface area contributed by atoms with Gasteiger partial charge in [-0.05, 0) is 46.3 Å². The molecule has 2 aromatic rings. The molecule has 6 heteroatoms. The van der Waals surface area contributed by atoms with Gasteiger partial charge in [0, 0.05) is 28.3 Å².